The van der Waals surface area contributed by atoms with Gasteiger partial charge in [0, 0.05) is 5.56 Å². The topological polar surface area (TPSA) is 88.1 Å². The van der Waals surface area contributed by atoms with Gasteiger partial charge in [0.15, 0.2) is 0 Å². The van der Waals surface area contributed by atoms with Crippen molar-refractivity contribution >= 4 is 29.2 Å². The molecule has 4 rings (SSSR count). The van der Waals surface area contributed by atoms with Crippen LogP contribution in [0, 0.1) is 0 Å². The third-order valence-corrected chi connectivity index (χ3v) is 5.97. The fraction of sp³-hybridized carbons (Fsp3) is 0.360. The normalized spacial score (nSPS) is 17.2. The van der Waals surface area contributed by atoms with Crippen LogP contribution in [0.2, 0.25) is 0 Å². The lowest BCUT2D eigenvalue weighted by atomic mass is 9.88. The van der Waals surface area contributed by atoms with Gasteiger partial charge in [-0.15, -0.1) is 0 Å². The summed E-state index contributed by atoms with van der Waals surface area (Å²) < 4.78 is 5.08. The number of para-hydroxylation sites is 1. The summed E-state index contributed by atoms with van der Waals surface area (Å²) in [6.45, 7) is 1.84. The van der Waals surface area contributed by atoms with E-state index in [1.54, 1.807) is 36.1 Å². The highest BCUT2D eigenvalue weighted by Gasteiger charge is 2.48. The average molecular weight is 434 g/mol. The molecular formula is C25H27N3O4. The fourth-order valence-corrected chi connectivity index (χ4v) is 4.45. The lowest BCUT2D eigenvalue weighted by Gasteiger charge is -2.38. The van der Waals surface area contributed by atoms with Crippen LogP contribution in [0.25, 0.3) is 0 Å². The van der Waals surface area contributed by atoms with Crippen molar-refractivity contribution in [2.45, 2.75) is 44.7 Å². The van der Waals surface area contributed by atoms with Gasteiger partial charge < -0.3 is 15.0 Å². The molecule has 0 saturated heterocycles. The highest BCUT2D eigenvalue weighted by atomic mass is 16.5. The monoisotopic (exact) mass is 433 g/mol. The maximum atomic E-state index is 13.4. The van der Waals surface area contributed by atoms with Gasteiger partial charge in [0.05, 0.1) is 17.9 Å². The summed E-state index contributed by atoms with van der Waals surface area (Å²) in [5.74, 6) is -1.10. The summed E-state index contributed by atoms with van der Waals surface area (Å²) in [6, 6.07) is 16.1. The molecule has 1 heterocycles. The summed E-state index contributed by atoms with van der Waals surface area (Å²) in [7, 11) is 0. The minimum atomic E-state index is -0.682. The highest BCUT2D eigenvalue weighted by Crippen LogP contribution is 2.39. The lowest BCUT2D eigenvalue weighted by Crippen LogP contribution is -2.51. The minimum Gasteiger partial charge on any atom is -0.462 e. The number of benzene rings is 2. The summed E-state index contributed by atoms with van der Waals surface area (Å²) in [6.07, 6.45) is 4.49. The molecule has 1 spiro atoms. The van der Waals surface area contributed by atoms with Crippen LogP contribution in [-0.2, 0) is 14.3 Å². The number of amides is 2. The van der Waals surface area contributed by atoms with Gasteiger partial charge in [0.25, 0.3) is 5.91 Å². The van der Waals surface area contributed by atoms with Gasteiger partial charge in [-0.05, 0) is 44.7 Å². The molecule has 2 aromatic rings. The second-order valence-electron chi connectivity index (χ2n) is 8.08. The van der Waals surface area contributed by atoms with Gasteiger partial charge in [-0.25, -0.2) is 4.79 Å². The molecule has 166 valence electrons. The number of carbonyl (C=O) groups is 3. The van der Waals surface area contributed by atoms with E-state index in [0.717, 1.165) is 37.7 Å². The zero-order chi connectivity index (χ0) is 22.6. The van der Waals surface area contributed by atoms with Crippen molar-refractivity contribution in [1.29, 1.82) is 0 Å². The van der Waals surface area contributed by atoms with Crippen molar-refractivity contribution in [1.82, 2.24) is 4.90 Å². The van der Waals surface area contributed by atoms with E-state index in [1.807, 2.05) is 30.3 Å². The largest absolute Gasteiger partial charge is 0.462 e. The van der Waals surface area contributed by atoms with Crippen molar-refractivity contribution in [2.24, 2.45) is 4.99 Å². The van der Waals surface area contributed by atoms with Gasteiger partial charge in [0.1, 0.15) is 17.9 Å². The van der Waals surface area contributed by atoms with E-state index >= 15 is 0 Å². The number of ether oxygens (including phenoxy) is 1. The Kier molecular flexibility index (Phi) is 6.35. The third kappa shape index (κ3) is 4.28. The number of anilines is 1. The van der Waals surface area contributed by atoms with Crippen molar-refractivity contribution in [3.63, 3.8) is 0 Å². The average Bonchev–Trinajstić information content (AvgIpc) is 3.06. The Labute approximate surface area is 187 Å². The number of hydrogen-bond donors (Lipinski definition) is 1. The van der Waals surface area contributed by atoms with E-state index in [-0.39, 0.29) is 30.5 Å². The second-order valence-corrected chi connectivity index (χ2v) is 8.08. The van der Waals surface area contributed by atoms with Gasteiger partial charge in [-0.1, -0.05) is 48.9 Å². The van der Waals surface area contributed by atoms with E-state index in [0.29, 0.717) is 11.4 Å². The van der Waals surface area contributed by atoms with Crippen LogP contribution in [0.15, 0.2) is 59.6 Å². The van der Waals surface area contributed by atoms with E-state index in [9.17, 15) is 14.4 Å². The quantitative estimate of drug-likeness (QED) is 0.702. The maximum Gasteiger partial charge on any atom is 0.340 e. The molecular weight excluding hydrogens is 406 g/mol. The number of carbonyl (C=O) groups excluding carboxylic acids is 3. The number of esters is 1. The third-order valence-electron chi connectivity index (χ3n) is 5.97. The number of nitrogens with one attached hydrogen (secondary N) is 1. The summed E-state index contributed by atoms with van der Waals surface area (Å²) in [5, 5.41) is 2.79. The van der Waals surface area contributed by atoms with Crippen molar-refractivity contribution in [2.75, 3.05) is 18.5 Å². The predicted molar refractivity (Wildman–Crippen MR) is 122 cm³/mol. The molecule has 32 heavy (non-hydrogen) atoms. The maximum absolute atomic E-state index is 13.4. The number of aliphatic imine (C=N–C) groups is 1. The van der Waals surface area contributed by atoms with Crippen molar-refractivity contribution in [3.05, 3.63) is 65.7 Å². The van der Waals surface area contributed by atoms with Crippen LogP contribution in [0.4, 0.5) is 5.69 Å². The SMILES string of the molecule is CCOC(=O)c1ccccc1NC(=O)CN1C(=O)C(c2ccccc2)=NC12CCCCC2. The molecule has 1 N–H and O–H groups in total. The van der Waals surface area contributed by atoms with Gasteiger partial charge in [-0.3, -0.25) is 14.6 Å². The zero-order valence-electron chi connectivity index (χ0n) is 18.2. The molecule has 0 aromatic heterocycles. The molecule has 0 atom stereocenters. The summed E-state index contributed by atoms with van der Waals surface area (Å²) in [4.78, 5) is 45.1. The molecule has 7 nitrogen and oxygen atoms in total. The standard InChI is InChI=1S/C25H27N3O4/c1-2-32-24(31)19-13-7-8-14-20(19)26-21(29)17-28-23(30)22(18-11-5-3-6-12-18)27-25(28)15-9-4-10-16-25/h3,5-8,11-14H,2,4,9-10,15-17H2,1H3,(H,26,29). The molecule has 0 radical (unpaired) electrons. The molecule has 1 aliphatic heterocycles. The van der Waals surface area contributed by atoms with Crippen LogP contribution in [0.3, 0.4) is 0 Å². The molecule has 0 unspecified atom stereocenters. The molecule has 1 fully saturated rings. The van der Waals surface area contributed by atoms with Gasteiger partial charge >= 0.3 is 5.97 Å². The number of nitrogens with zero attached hydrogens (tertiary/aromatic N) is 2. The first-order chi connectivity index (χ1) is 15.5. The highest BCUT2D eigenvalue weighted by molar-refractivity contribution is 6.47. The van der Waals surface area contributed by atoms with Crippen LogP contribution < -0.4 is 5.32 Å². The summed E-state index contributed by atoms with van der Waals surface area (Å²) >= 11 is 0. The van der Waals surface area contributed by atoms with Crippen LogP contribution in [-0.4, -0.2) is 47.2 Å². The first kappa shape index (κ1) is 21.7. The number of hydrogen-bond acceptors (Lipinski definition) is 5. The Bertz CT molecular complexity index is 1040. The molecule has 7 heteroatoms. The Morgan fingerprint density at radius 2 is 1.72 bits per heavy atom. The van der Waals surface area contributed by atoms with Gasteiger partial charge in [0.2, 0.25) is 5.91 Å². The van der Waals surface area contributed by atoms with Crippen LogP contribution >= 0.6 is 0 Å². The first-order valence-corrected chi connectivity index (χ1v) is 11.1. The molecule has 2 aliphatic rings. The Balaban J connectivity index is 1.56. The first-order valence-electron chi connectivity index (χ1n) is 11.1. The van der Waals surface area contributed by atoms with E-state index in [1.165, 1.54) is 0 Å². The van der Waals surface area contributed by atoms with Gasteiger partial charge in [-0.2, -0.15) is 0 Å². The zero-order valence-corrected chi connectivity index (χ0v) is 18.2. The summed E-state index contributed by atoms with van der Waals surface area (Å²) in [5.41, 5.74) is 1.14. The van der Waals surface area contributed by atoms with Crippen molar-refractivity contribution < 1.29 is 19.1 Å². The van der Waals surface area contributed by atoms with Crippen LogP contribution in [0.1, 0.15) is 54.9 Å². The van der Waals surface area contributed by atoms with Crippen LogP contribution in [0.5, 0.6) is 0 Å². The minimum absolute atomic E-state index is 0.129. The predicted octanol–water partition coefficient (Wildman–Crippen LogP) is 3.79. The van der Waals surface area contributed by atoms with E-state index in [4.69, 9.17) is 9.73 Å². The molecule has 0 bridgehead atoms. The molecule has 1 aliphatic carbocycles. The Morgan fingerprint density at radius 1 is 1.03 bits per heavy atom. The van der Waals surface area contributed by atoms with E-state index in [2.05, 4.69) is 5.32 Å². The van der Waals surface area contributed by atoms with Crippen molar-refractivity contribution in [3.8, 4) is 0 Å². The molecule has 2 amide bonds. The smallest absolute Gasteiger partial charge is 0.340 e. The number of rotatable bonds is 6. The Morgan fingerprint density at radius 3 is 2.44 bits per heavy atom. The molecule has 2 aromatic carbocycles. The Hall–Kier alpha value is -3.48. The lowest BCUT2D eigenvalue weighted by molar-refractivity contribution is -0.134. The second kappa shape index (κ2) is 9.34. The molecule has 1 saturated carbocycles. The van der Waals surface area contributed by atoms with E-state index < -0.39 is 11.6 Å². The fourth-order valence-electron chi connectivity index (χ4n) is 4.45.